The minimum Gasteiger partial charge on any atom is -0.379 e. The SMILES string of the molecule is CCCNC1COCC1C(=O)N(CC)CC1CCCO1. The minimum absolute atomic E-state index is 0.0390. The van der Waals surface area contributed by atoms with Gasteiger partial charge in [-0.25, -0.2) is 0 Å². The molecule has 3 unspecified atom stereocenters. The lowest BCUT2D eigenvalue weighted by Crippen LogP contribution is -2.47. The van der Waals surface area contributed by atoms with Crippen LogP contribution < -0.4 is 5.32 Å². The molecule has 5 heteroatoms. The van der Waals surface area contributed by atoms with Crippen LogP contribution in [0.15, 0.2) is 0 Å². The van der Waals surface area contributed by atoms with Crippen LogP contribution in [0.5, 0.6) is 0 Å². The Bertz CT molecular complexity index is 305. The van der Waals surface area contributed by atoms with E-state index >= 15 is 0 Å². The molecule has 2 heterocycles. The van der Waals surface area contributed by atoms with Gasteiger partial charge in [0.25, 0.3) is 0 Å². The maximum absolute atomic E-state index is 12.7. The lowest BCUT2D eigenvalue weighted by Gasteiger charge is -2.28. The molecule has 2 fully saturated rings. The second kappa shape index (κ2) is 7.96. The van der Waals surface area contributed by atoms with Gasteiger partial charge in [-0.05, 0) is 32.7 Å². The molecule has 1 amide bonds. The number of rotatable bonds is 7. The first-order chi connectivity index (χ1) is 9.76. The van der Waals surface area contributed by atoms with Crippen LogP contribution in [0.3, 0.4) is 0 Å². The van der Waals surface area contributed by atoms with Gasteiger partial charge in [0.05, 0.1) is 25.2 Å². The van der Waals surface area contributed by atoms with Crippen molar-refractivity contribution < 1.29 is 14.3 Å². The van der Waals surface area contributed by atoms with Crippen LogP contribution in [0.1, 0.15) is 33.1 Å². The van der Waals surface area contributed by atoms with Gasteiger partial charge < -0.3 is 19.7 Å². The lowest BCUT2D eigenvalue weighted by atomic mass is 10.0. The monoisotopic (exact) mass is 284 g/mol. The fraction of sp³-hybridized carbons (Fsp3) is 0.933. The smallest absolute Gasteiger partial charge is 0.229 e. The van der Waals surface area contributed by atoms with E-state index in [0.29, 0.717) is 13.2 Å². The zero-order valence-corrected chi connectivity index (χ0v) is 12.8. The summed E-state index contributed by atoms with van der Waals surface area (Å²) in [5.41, 5.74) is 0. The number of nitrogens with zero attached hydrogens (tertiary/aromatic N) is 1. The predicted octanol–water partition coefficient (Wildman–Crippen LogP) is 1.03. The Hall–Kier alpha value is -0.650. The molecule has 0 aromatic carbocycles. The average Bonchev–Trinajstić information content (AvgIpc) is 3.12. The Kier molecular flexibility index (Phi) is 6.26. The summed E-state index contributed by atoms with van der Waals surface area (Å²) in [6, 6.07) is 0.168. The minimum atomic E-state index is -0.0390. The summed E-state index contributed by atoms with van der Waals surface area (Å²) < 4.78 is 11.2. The molecule has 0 aromatic heterocycles. The van der Waals surface area contributed by atoms with Crippen LogP contribution in [0, 0.1) is 5.92 Å². The Balaban J connectivity index is 1.88. The molecular formula is C15H28N2O3. The van der Waals surface area contributed by atoms with Gasteiger partial charge in [0.1, 0.15) is 0 Å². The number of nitrogens with one attached hydrogen (secondary N) is 1. The van der Waals surface area contributed by atoms with Crippen LogP contribution in [0.4, 0.5) is 0 Å². The molecule has 0 bridgehead atoms. The second-order valence-electron chi connectivity index (χ2n) is 5.72. The number of ether oxygens (including phenoxy) is 2. The highest BCUT2D eigenvalue weighted by Gasteiger charge is 2.36. The second-order valence-corrected chi connectivity index (χ2v) is 5.72. The van der Waals surface area contributed by atoms with Crippen LogP contribution in [-0.2, 0) is 14.3 Å². The third-order valence-electron chi connectivity index (χ3n) is 4.20. The maximum atomic E-state index is 12.7. The number of hydrogen-bond acceptors (Lipinski definition) is 4. The lowest BCUT2D eigenvalue weighted by molar-refractivity contribution is -0.137. The molecule has 1 N–H and O–H groups in total. The normalized spacial score (nSPS) is 29.8. The number of carbonyl (C=O) groups excluding carboxylic acids is 1. The largest absolute Gasteiger partial charge is 0.379 e. The van der Waals surface area contributed by atoms with Gasteiger partial charge >= 0.3 is 0 Å². The number of amides is 1. The first-order valence-corrected chi connectivity index (χ1v) is 7.97. The fourth-order valence-electron chi connectivity index (χ4n) is 2.97. The molecule has 2 aliphatic heterocycles. The van der Waals surface area contributed by atoms with Gasteiger partial charge in [-0.1, -0.05) is 6.92 Å². The van der Waals surface area contributed by atoms with Crippen LogP contribution in [0.2, 0.25) is 0 Å². The predicted molar refractivity (Wildman–Crippen MR) is 77.6 cm³/mol. The summed E-state index contributed by atoms with van der Waals surface area (Å²) >= 11 is 0. The Morgan fingerprint density at radius 3 is 2.85 bits per heavy atom. The van der Waals surface area contributed by atoms with E-state index < -0.39 is 0 Å². The quantitative estimate of drug-likeness (QED) is 0.758. The van der Waals surface area contributed by atoms with Gasteiger partial charge in [-0.3, -0.25) is 4.79 Å². The highest BCUT2D eigenvalue weighted by atomic mass is 16.5. The van der Waals surface area contributed by atoms with Crippen LogP contribution in [-0.4, -0.2) is 62.4 Å². The summed E-state index contributed by atoms with van der Waals surface area (Å²) in [6.45, 7) is 8.62. The van der Waals surface area contributed by atoms with Crippen molar-refractivity contribution >= 4 is 5.91 Å². The Labute approximate surface area is 122 Å². The molecule has 0 aliphatic carbocycles. The van der Waals surface area contributed by atoms with Crippen molar-refractivity contribution in [2.75, 3.05) is 39.5 Å². The highest BCUT2D eigenvalue weighted by molar-refractivity contribution is 5.80. The molecule has 0 radical (unpaired) electrons. The van der Waals surface area contributed by atoms with E-state index in [1.807, 2.05) is 11.8 Å². The molecule has 2 aliphatic rings. The van der Waals surface area contributed by atoms with E-state index in [-0.39, 0.29) is 24.0 Å². The zero-order valence-electron chi connectivity index (χ0n) is 12.8. The number of hydrogen-bond donors (Lipinski definition) is 1. The fourth-order valence-corrected chi connectivity index (χ4v) is 2.97. The zero-order chi connectivity index (χ0) is 14.4. The summed E-state index contributed by atoms with van der Waals surface area (Å²) in [6.07, 6.45) is 3.49. The van der Waals surface area contributed by atoms with Crippen molar-refractivity contribution in [3.05, 3.63) is 0 Å². The van der Waals surface area contributed by atoms with E-state index in [1.165, 1.54) is 0 Å². The maximum Gasteiger partial charge on any atom is 0.229 e. The first-order valence-electron chi connectivity index (χ1n) is 7.97. The van der Waals surface area contributed by atoms with E-state index in [1.54, 1.807) is 0 Å². The van der Waals surface area contributed by atoms with E-state index in [2.05, 4.69) is 12.2 Å². The van der Waals surface area contributed by atoms with Crippen molar-refractivity contribution in [3.8, 4) is 0 Å². The Morgan fingerprint density at radius 1 is 1.35 bits per heavy atom. The molecule has 0 aromatic rings. The first kappa shape index (κ1) is 15.7. The molecule has 20 heavy (non-hydrogen) atoms. The van der Waals surface area contributed by atoms with E-state index in [4.69, 9.17) is 9.47 Å². The van der Waals surface area contributed by atoms with Crippen molar-refractivity contribution in [2.45, 2.75) is 45.3 Å². The molecule has 5 nitrogen and oxygen atoms in total. The average molecular weight is 284 g/mol. The third kappa shape index (κ3) is 3.93. The molecule has 0 saturated carbocycles. The topological polar surface area (TPSA) is 50.8 Å². The molecule has 0 spiro atoms. The number of likely N-dealkylation sites (N-methyl/N-ethyl adjacent to an activating group) is 1. The summed E-state index contributed by atoms with van der Waals surface area (Å²) in [4.78, 5) is 14.6. The van der Waals surface area contributed by atoms with Crippen LogP contribution in [0.25, 0.3) is 0 Å². The molecule has 3 atom stereocenters. The van der Waals surface area contributed by atoms with Gasteiger partial charge in [-0.15, -0.1) is 0 Å². The van der Waals surface area contributed by atoms with E-state index in [9.17, 15) is 4.79 Å². The van der Waals surface area contributed by atoms with Crippen molar-refractivity contribution in [1.82, 2.24) is 10.2 Å². The summed E-state index contributed by atoms with van der Waals surface area (Å²) in [7, 11) is 0. The van der Waals surface area contributed by atoms with Gasteiger partial charge in [-0.2, -0.15) is 0 Å². The number of carbonyl (C=O) groups is 1. The standard InChI is InChI=1S/C15H28N2O3/c1-3-7-16-14-11-19-10-13(14)15(18)17(4-2)9-12-6-5-8-20-12/h12-14,16H,3-11H2,1-2H3. The summed E-state index contributed by atoms with van der Waals surface area (Å²) in [5, 5.41) is 3.43. The Morgan fingerprint density at radius 2 is 2.20 bits per heavy atom. The van der Waals surface area contributed by atoms with Crippen LogP contribution >= 0.6 is 0 Å². The van der Waals surface area contributed by atoms with Crippen molar-refractivity contribution in [3.63, 3.8) is 0 Å². The van der Waals surface area contributed by atoms with Gasteiger partial charge in [0.15, 0.2) is 0 Å². The summed E-state index contributed by atoms with van der Waals surface area (Å²) in [5.74, 6) is 0.178. The van der Waals surface area contributed by atoms with Gasteiger partial charge in [0.2, 0.25) is 5.91 Å². The van der Waals surface area contributed by atoms with Crippen molar-refractivity contribution in [2.24, 2.45) is 5.92 Å². The van der Waals surface area contributed by atoms with E-state index in [0.717, 1.165) is 45.5 Å². The third-order valence-corrected chi connectivity index (χ3v) is 4.20. The van der Waals surface area contributed by atoms with Crippen molar-refractivity contribution in [1.29, 1.82) is 0 Å². The molecule has 2 rings (SSSR count). The highest BCUT2D eigenvalue weighted by Crippen LogP contribution is 2.19. The molecular weight excluding hydrogens is 256 g/mol. The molecule has 2 saturated heterocycles. The van der Waals surface area contributed by atoms with Gasteiger partial charge in [0, 0.05) is 25.7 Å². The molecule has 116 valence electrons.